The van der Waals surface area contributed by atoms with Crippen LogP contribution in [0.15, 0.2) is 114 Å². The summed E-state index contributed by atoms with van der Waals surface area (Å²) in [6, 6.07) is 25.9. The molecule has 0 spiro atoms. The molecule has 4 aromatic carbocycles. The first-order valence-electron chi connectivity index (χ1n) is 13.7. The van der Waals surface area contributed by atoms with Gasteiger partial charge in [0, 0.05) is 54.5 Å². The van der Waals surface area contributed by atoms with Gasteiger partial charge in [0.15, 0.2) is 5.41 Å². The molecule has 0 saturated carbocycles. The predicted octanol–water partition coefficient (Wildman–Crippen LogP) is 5.91. The molecule has 15 heteroatoms. The molecule has 3 N–H and O–H groups in total. The number of benzene rings is 4. The summed E-state index contributed by atoms with van der Waals surface area (Å²) < 4.78 is 74.7. The van der Waals surface area contributed by atoms with Crippen molar-refractivity contribution < 1.29 is 94.7 Å². The molecule has 0 aliphatic heterocycles. The average Bonchev–Trinajstić information content (AvgIpc) is 3.02. The van der Waals surface area contributed by atoms with E-state index in [0.29, 0.717) is 16.7 Å². The summed E-state index contributed by atoms with van der Waals surface area (Å²) in [5.41, 5.74) is -5.92. The second-order valence-electron chi connectivity index (χ2n) is 10.5. The minimum absolute atomic E-state index is 0. The summed E-state index contributed by atoms with van der Waals surface area (Å²) >= 11 is 0. The zero-order chi connectivity index (χ0) is 33.6. The van der Waals surface area contributed by atoms with Crippen LogP contribution >= 0.6 is 7.60 Å². The molecule has 4 rings (SSSR count). The third-order valence-corrected chi connectivity index (χ3v) is 9.00. The molecule has 0 saturated heterocycles. The second-order valence-corrected chi connectivity index (χ2v) is 13.6. The Hall–Kier alpha value is -2.82. The van der Waals surface area contributed by atoms with Gasteiger partial charge in [0.05, 0.1) is 10.0 Å². The molecule has 245 valence electrons. The number of hydrogen-bond acceptors (Lipinski definition) is 7. The molecule has 0 amide bonds. The Kier molecular flexibility index (Phi) is 13.2. The van der Waals surface area contributed by atoms with Crippen LogP contribution in [0.5, 0.6) is 0 Å². The minimum Gasteiger partial charge on any atom is -0.560 e. The van der Waals surface area contributed by atoms with Crippen molar-refractivity contribution in [2.45, 2.75) is 36.6 Å². The summed E-state index contributed by atoms with van der Waals surface area (Å²) in [6.07, 6.45) is -0.832. The first-order valence-corrected chi connectivity index (χ1v) is 16.8. The molecule has 0 atom stereocenters. The molecule has 0 aliphatic rings. The van der Waals surface area contributed by atoms with Crippen molar-refractivity contribution in [2.24, 2.45) is 5.41 Å². The maximum absolute atomic E-state index is 14.3. The van der Waals surface area contributed by atoms with Crippen LogP contribution in [0, 0.1) is 49.5 Å². The van der Waals surface area contributed by atoms with Crippen LogP contribution < -0.4 is 0 Å². The number of ether oxygens (including phenoxy) is 2. The zero-order valence-electron chi connectivity index (χ0n) is 24.7. The van der Waals surface area contributed by atoms with Gasteiger partial charge in [0.2, 0.25) is 0 Å². The van der Waals surface area contributed by atoms with Gasteiger partial charge < -0.3 is 24.4 Å². The van der Waals surface area contributed by atoms with Crippen LogP contribution in [-0.4, -0.2) is 30.1 Å². The topological polar surface area (TPSA) is 168 Å². The third-order valence-electron chi connectivity index (χ3n) is 7.12. The van der Waals surface area contributed by atoms with E-state index in [-0.39, 0.29) is 74.2 Å². The summed E-state index contributed by atoms with van der Waals surface area (Å²) in [7, 11) is -10.2. The maximum atomic E-state index is 14.3. The van der Waals surface area contributed by atoms with Crippen LogP contribution in [0.1, 0.15) is 27.8 Å². The number of carbonyl (C=O) groups excluding carboxylic acids is 2. The van der Waals surface area contributed by atoms with Crippen molar-refractivity contribution in [3.8, 4) is 0 Å². The monoisotopic (exact) mass is 899 g/mol. The summed E-state index contributed by atoms with van der Waals surface area (Å²) in [4.78, 5) is 46.0. The Balaban J connectivity index is 0.00000600. The number of nitrogens with one attached hydrogen (secondary N) is 1. The summed E-state index contributed by atoms with van der Waals surface area (Å²) in [5, 5.41) is 7.30. The second kappa shape index (κ2) is 16.1. The first kappa shape index (κ1) is 38.6. The van der Waals surface area contributed by atoms with Crippen LogP contribution in [-0.2, 0) is 65.4 Å². The number of halogens is 2. The van der Waals surface area contributed by atoms with Crippen molar-refractivity contribution in [2.75, 3.05) is 0 Å². The number of alkyl halides is 2. The zero-order valence-corrected chi connectivity index (χ0v) is 31.1. The SMILES string of the molecule is [Ac].[NH-]S(=O)(=O)c1ccc(CC(Cc2ccc(C(F)(F)P(=O)(O)O)cc2)(C(=O)OCc2ccccc2)C(=O)OCc2ccccc2)cc1. The Morgan fingerprint density at radius 1 is 0.681 bits per heavy atom. The molecule has 47 heavy (non-hydrogen) atoms. The fraction of sp³-hybridized carbons (Fsp3) is 0.188. The van der Waals surface area contributed by atoms with Crippen LogP contribution in [0.4, 0.5) is 8.78 Å². The van der Waals surface area contributed by atoms with E-state index in [0.717, 1.165) is 36.4 Å². The fourth-order valence-electron chi connectivity index (χ4n) is 4.63. The van der Waals surface area contributed by atoms with Crippen LogP contribution in [0.2, 0.25) is 0 Å². The largest absolute Gasteiger partial charge is 0.560 e. The van der Waals surface area contributed by atoms with Gasteiger partial charge in [-0.2, -0.15) is 8.78 Å². The van der Waals surface area contributed by atoms with Gasteiger partial charge in [0.1, 0.15) is 13.2 Å². The molecule has 0 fully saturated rings. The van der Waals surface area contributed by atoms with Crippen LogP contribution in [0.3, 0.4) is 0 Å². The minimum atomic E-state index is -5.85. The molecule has 10 nitrogen and oxygen atoms in total. The number of rotatable bonds is 13. The van der Waals surface area contributed by atoms with Crippen molar-refractivity contribution in [1.82, 2.24) is 0 Å². The Bertz CT molecular complexity index is 1770. The van der Waals surface area contributed by atoms with Gasteiger partial charge in [-0.15, -0.1) is 0 Å². The summed E-state index contributed by atoms with van der Waals surface area (Å²) in [5.74, 6) is -2.03. The van der Waals surface area contributed by atoms with Crippen molar-refractivity contribution in [1.29, 1.82) is 0 Å². The molecular formula is C32H29AcF2NO9PS-. The van der Waals surface area contributed by atoms with E-state index in [4.69, 9.17) is 24.4 Å². The summed E-state index contributed by atoms with van der Waals surface area (Å²) in [6.45, 7) is -0.451. The molecule has 0 aliphatic carbocycles. The molecule has 0 aromatic heterocycles. The third kappa shape index (κ3) is 9.86. The van der Waals surface area contributed by atoms with E-state index in [1.165, 1.54) is 12.1 Å². The maximum Gasteiger partial charge on any atom is 0.399 e. The molecule has 1 radical (unpaired) electrons. The van der Waals surface area contributed by atoms with Gasteiger partial charge in [-0.3, -0.25) is 14.2 Å². The Morgan fingerprint density at radius 3 is 1.43 bits per heavy atom. The molecule has 4 aromatic rings. The van der Waals surface area contributed by atoms with E-state index in [9.17, 15) is 31.4 Å². The molecule has 0 unspecified atom stereocenters. The quantitative estimate of drug-likeness (QED) is 0.0942. The van der Waals surface area contributed by atoms with Gasteiger partial charge in [-0.25, -0.2) is 8.42 Å². The number of sulfonamides is 1. The van der Waals surface area contributed by atoms with Crippen molar-refractivity contribution in [3.05, 3.63) is 142 Å². The first-order chi connectivity index (χ1) is 21.6. The van der Waals surface area contributed by atoms with E-state index in [1.54, 1.807) is 60.7 Å². The number of hydrogen-bond donors (Lipinski definition) is 2. The molecule has 0 bridgehead atoms. The van der Waals surface area contributed by atoms with E-state index < -0.39 is 52.6 Å². The van der Waals surface area contributed by atoms with E-state index in [2.05, 4.69) is 0 Å². The van der Waals surface area contributed by atoms with Gasteiger partial charge >= 0.3 is 25.2 Å². The van der Waals surface area contributed by atoms with E-state index in [1.807, 2.05) is 0 Å². The standard InChI is InChI=1S/C32H29F2NO9PS.Ac/c33-32(34,45(38,39)40)27-15-11-23(12-16-27)19-31(29(36)43-21-25-7-3-1-4-8-25,30(37)44-22-26-9-5-2-6-10-26)20-24-13-17-28(18-14-24)46(35,41)42;/h1-18H,19-22H2,(H3-,35,38,39,40,41,42);/q-1;. The fourth-order valence-corrected chi connectivity index (χ4v) is 5.61. The Morgan fingerprint density at radius 2 is 1.06 bits per heavy atom. The predicted molar refractivity (Wildman–Crippen MR) is 163 cm³/mol. The van der Waals surface area contributed by atoms with Gasteiger partial charge in [-0.05, 0) is 47.2 Å². The molecular weight excluding hydrogens is 870 g/mol. The van der Waals surface area contributed by atoms with E-state index >= 15 is 0 Å². The van der Waals surface area contributed by atoms with Gasteiger partial charge in [-0.1, -0.05) is 97.1 Å². The van der Waals surface area contributed by atoms with Crippen LogP contribution in [0.25, 0.3) is 5.14 Å². The molecule has 0 heterocycles. The smallest absolute Gasteiger partial charge is 0.399 e. The number of esters is 2. The normalized spacial score (nSPS) is 12.1. The average molecular weight is 900 g/mol. The van der Waals surface area contributed by atoms with Crippen molar-refractivity contribution >= 4 is 29.6 Å². The van der Waals surface area contributed by atoms with Gasteiger partial charge in [0.25, 0.3) is 0 Å². The van der Waals surface area contributed by atoms with Crippen molar-refractivity contribution in [3.63, 3.8) is 0 Å². The number of carbonyl (C=O) groups is 2. The Labute approximate surface area is 306 Å².